The van der Waals surface area contributed by atoms with Gasteiger partial charge in [-0.05, 0) is 0 Å². The molecule has 0 aliphatic carbocycles. The summed E-state index contributed by atoms with van der Waals surface area (Å²) < 4.78 is 29.4. The second kappa shape index (κ2) is 5.44. The van der Waals surface area contributed by atoms with Crippen molar-refractivity contribution in [2.24, 2.45) is 5.84 Å². The van der Waals surface area contributed by atoms with Crippen LogP contribution < -0.4 is 35.4 Å². The minimum Gasteiger partial charge on any atom is -0.748 e. The Hall–Kier alpha value is 0.790. The summed E-state index contributed by atoms with van der Waals surface area (Å²) in [5.41, 5.74) is 0. The van der Waals surface area contributed by atoms with Gasteiger partial charge in [-0.25, -0.2) is 14.3 Å². The van der Waals surface area contributed by atoms with Gasteiger partial charge in [-0.15, -0.1) is 5.17 Å². The molecular weight excluding hydrogens is 171 g/mol. The van der Waals surface area contributed by atoms with Gasteiger partial charge >= 0.3 is 29.6 Å². The van der Waals surface area contributed by atoms with E-state index in [1.54, 1.807) is 0 Å². The average Bonchev–Trinajstić information content (AvgIpc) is 1.59. The molecular formula is C2H7N2NaO4S. The van der Waals surface area contributed by atoms with Crippen LogP contribution in [0.15, 0.2) is 0 Å². The first kappa shape index (κ1) is 13.4. The van der Waals surface area contributed by atoms with E-state index in [0.717, 1.165) is 0 Å². The molecule has 0 spiro atoms. The minimum absolute atomic E-state index is 0. The quantitative estimate of drug-likeness (QED) is 0.194. The van der Waals surface area contributed by atoms with E-state index in [2.05, 4.69) is 5.84 Å². The third-order valence-corrected chi connectivity index (χ3v) is 1.25. The Bertz CT molecular complexity index is 166. The van der Waals surface area contributed by atoms with Gasteiger partial charge < -0.3 is 4.55 Å². The first-order valence-corrected chi connectivity index (χ1v) is 3.64. The number of nitrogens with zero attached hydrogens (tertiary/aromatic N) is 1. The maximum atomic E-state index is 9.79. The van der Waals surface area contributed by atoms with Crippen molar-refractivity contribution in [2.75, 3.05) is 12.3 Å². The van der Waals surface area contributed by atoms with Gasteiger partial charge in [-0.3, -0.25) is 5.21 Å². The van der Waals surface area contributed by atoms with Crippen LogP contribution in [0.2, 0.25) is 0 Å². The van der Waals surface area contributed by atoms with Gasteiger partial charge in [0.25, 0.3) is 0 Å². The summed E-state index contributed by atoms with van der Waals surface area (Å²) in [7, 11) is -4.25. The largest absolute Gasteiger partial charge is 1.00 e. The van der Waals surface area contributed by atoms with E-state index in [-0.39, 0.29) is 41.3 Å². The fourth-order valence-corrected chi connectivity index (χ4v) is 0.616. The van der Waals surface area contributed by atoms with Gasteiger partial charge in [0.05, 0.1) is 22.4 Å². The normalized spacial score (nSPS) is 11.2. The van der Waals surface area contributed by atoms with E-state index in [9.17, 15) is 13.0 Å². The maximum absolute atomic E-state index is 9.79. The van der Waals surface area contributed by atoms with Crippen molar-refractivity contribution >= 4 is 10.1 Å². The van der Waals surface area contributed by atoms with Gasteiger partial charge in [0.2, 0.25) is 0 Å². The topological polar surface area (TPSA) is 107 Å². The summed E-state index contributed by atoms with van der Waals surface area (Å²) in [5, 5.41) is 8.27. The van der Waals surface area contributed by atoms with Gasteiger partial charge in [0.1, 0.15) is 0 Å². The molecule has 6 nitrogen and oxygen atoms in total. The number of nitrogens with two attached hydrogens (primary N) is 1. The first-order chi connectivity index (χ1) is 3.92. The predicted octanol–water partition coefficient (Wildman–Crippen LogP) is -4.90. The summed E-state index contributed by atoms with van der Waals surface area (Å²) >= 11 is 0. The third-order valence-electron chi connectivity index (χ3n) is 0.570. The van der Waals surface area contributed by atoms with E-state index in [4.69, 9.17) is 5.21 Å². The average molecular weight is 178 g/mol. The zero-order valence-corrected chi connectivity index (χ0v) is 8.34. The molecule has 0 atom stereocenters. The zero-order chi connectivity index (χ0) is 7.49. The standard InChI is InChI=1S/C2H8N2O4S.Na/c3-4(5)1-2-9(6,7)8;/h5H,1-3H2,(H,6,7,8);/q;+1/p-1. The molecule has 56 valence electrons. The molecule has 0 aromatic carbocycles. The molecule has 8 heteroatoms. The second-order valence-corrected chi connectivity index (χ2v) is 2.95. The Kier molecular flexibility index (Phi) is 7.28. The van der Waals surface area contributed by atoms with Gasteiger partial charge in [-0.1, -0.05) is 0 Å². The second-order valence-electron chi connectivity index (χ2n) is 1.42. The predicted molar refractivity (Wildman–Crippen MR) is 27.2 cm³/mol. The molecule has 0 heterocycles. The van der Waals surface area contributed by atoms with Gasteiger partial charge in [0.15, 0.2) is 0 Å². The van der Waals surface area contributed by atoms with Crippen LogP contribution in [0.5, 0.6) is 0 Å². The van der Waals surface area contributed by atoms with Crippen LogP contribution >= 0.6 is 0 Å². The van der Waals surface area contributed by atoms with Crippen molar-refractivity contribution in [1.82, 2.24) is 5.17 Å². The summed E-state index contributed by atoms with van der Waals surface area (Å²) in [6.45, 7) is -0.369. The van der Waals surface area contributed by atoms with E-state index < -0.39 is 15.9 Å². The zero-order valence-electron chi connectivity index (χ0n) is 5.52. The molecule has 0 rings (SSSR count). The Morgan fingerprint density at radius 1 is 1.60 bits per heavy atom. The Morgan fingerprint density at radius 2 is 2.00 bits per heavy atom. The smallest absolute Gasteiger partial charge is 0.748 e. The molecule has 0 saturated carbocycles. The summed E-state index contributed by atoms with van der Waals surface area (Å²) in [6, 6.07) is 0. The molecule has 0 fully saturated rings. The van der Waals surface area contributed by atoms with Crippen molar-refractivity contribution in [3.05, 3.63) is 0 Å². The number of hydrazine groups is 1. The van der Waals surface area contributed by atoms with E-state index >= 15 is 0 Å². The molecule has 10 heavy (non-hydrogen) atoms. The molecule has 0 aromatic heterocycles. The summed E-state index contributed by atoms with van der Waals surface area (Å²) in [4.78, 5) is 0. The molecule has 0 radical (unpaired) electrons. The van der Waals surface area contributed by atoms with Gasteiger partial charge in [-0.2, -0.15) is 0 Å². The molecule has 0 unspecified atom stereocenters. The Balaban J connectivity index is 0. The molecule has 3 N–H and O–H groups in total. The summed E-state index contributed by atoms with van der Waals surface area (Å²) in [6.07, 6.45) is 0. The van der Waals surface area contributed by atoms with Crippen molar-refractivity contribution in [3.63, 3.8) is 0 Å². The van der Waals surface area contributed by atoms with Crippen molar-refractivity contribution < 1.29 is 47.7 Å². The minimum atomic E-state index is -4.25. The fourth-order valence-electron chi connectivity index (χ4n) is 0.205. The molecule has 0 bridgehead atoms. The van der Waals surface area contributed by atoms with Crippen LogP contribution in [-0.2, 0) is 10.1 Å². The SMILES string of the molecule is NN(O)CCS(=O)(=O)[O-].[Na+]. The molecule has 0 aliphatic rings. The number of hydrogen-bond donors (Lipinski definition) is 2. The molecule has 0 amide bonds. The maximum Gasteiger partial charge on any atom is 1.00 e. The first-order valence-electron chi connectivity index (χ1n) is 2.06. The van der Waals surface area contributed by atoms with Crippen molar-refractivity contribution in [2.45, 2.75) is 0 Å². The van der Waals surface area contributed by atoms with E-state index in [1.807, 2.05) is 0 Å². The van der Waals surface area contributed by atoms with Crippen LogP contribution in [0.3, 0.4) is 0 Å². The fraction of sp³-hybridized carbons (Fsp3) is 1.00. The Morgan fingerprint density at radius 3 is 2.10 bits per heavy atom. The third kappa shape index (κ3) is 11.6. The molecule has 0 aromatic rings. The summed E-state index contributed by atoms with van der Waals surface area (Å²) in [5.74, 6) is 3.90. The van der Waals surface area contributed by atoms with Crippen LogP contribution in [0, 0.1) is 0 Å². The number of hydrogen-bond acceptors (Lipinski definition) is 6. The van der Waals surface area contributed by atoms with Crippen LogP contribution in [-0.4, -0.2) is 35.6 Å². The number of hydroxylamine groups is 1. The van der Waals surface area contributed by atoms with E-state index in [0.29, 0.717) is 0 Å². The molecule has 0 aliphatic heterocycles. The van der Waals surface area contributed by atoms with Gasteiger partial charge in [0, 0.05) is 0 Å². The monoisotopic (exact) mass is 178 g/mol. The van der Waals surface area contributed by atoms with Crippen LogP contribution in [0.25, 0.3) is 0 Å². The van der Waals surface area contributed by atoms with Crippen LogP contribution in [0.4, 0.5) is 0 Å². The van der Waals surface area contributed by atoms with Crippen molar-refractivity contribution in [3.8, 4) is 0 Å². The van der Waals surface area contributed by atoms with Crippen molar-refractivity contribution in [1.29, 1.82) is 0 Å². The Labute approximate surface area is 81.0 Å². The van der Waals surface area contributed by atoms with Crippen LogP contribution in [0.1, 0.15) is 0 Å². The van der Waals surface area contributed by atoms with E-state index in [1.165, 1.54) is 0 Å². The number of rotatable bonds is 3. The molecule has 0 saturated heterocycles.